The number of hydrogen-bond acceptors (Lipinski definition) is 7. The van der Waals surface area contributed by atoms with Crippen LogP contribution in [0.1, 0.15) is 20.8 Å². The number of nitrogens with two attached hydrogens (primary N) is 1. The molecule has 0 atom stereocenters. The summed E-state index contributed by atoms with van der Waals surface area (Å²) in [6, 6.07) is 0. The number of nitrogens with one attached hydrogen (secondary N) is 1. The number of piperazine rings is 1. The zero-order chi connectivity index (χ0) is 14.8. The number of aromatic nitrogens is 2. The molecule has 1 aliphatic rings. The highest BCUT2D eigenvalue weighted by Gasteiger charge is 2.28. The Balaban J connectivity index is 2.15. The van der Waals surface area contributed by atoms with E-state index in [1.165, 1.54) is 6.33 Å². The van der Waals surface area contributed by atoms with Crippen molar-refractivity contribution >= 4 is 11.6 Å². The predicted molar refractivity (Wildman–Crippen MR) is 79.9 cm³/mol. The van der Waals surface area contributed by atoms with Crippen LogP contribution in [0.5, 0.6) is 5.75 Å². The van der Waals surface area contributed by atoms with Crippen molar-refractivity contribution in [1.29, 1.82) is 0 Å². The van der Waals surface area contributed by atoms with E-state index in [1.807, 2.05) is 0 Å². The molecule has 1 aromatic rings. The van der Waals surface area contributed by atoms with E-state index in [1.54, 1.807) is 7.11 Å². The fourth-order valence-corrected chi connectivity index (χ4v) is 2.47. The molecule has 2 rings (SSSR count). The lowest BCUT2D eigenvalue weighted by molar-refractivity contribution is 0.128. The number of anilines is 2. The smallest absolute Gasteiger partial charge is 0.205 e. The van der Waals surface area contributed by atoms with Crippen LogP contribution in [0.2, 0.25) is 0 Å². The van der Waals surface area contributed by atoms with E-state index in [-0.39, 0.29) is 5.54 Å². The number of rotatable bonds is 3. The molecule has 1 fully saturated rings. The molecule has 1 aliphatic heterocycles. The molecule has 7 heteroatoms. The quantitative estimate of drug-likeness (QED) is 0.623. The van der Waals surface area contributed by atoms with Crippen molar-refractivity contribution in [2.75, 3.05) is 43.6 Å². The maximum absolute atomic E-state index is 5.46. The molecule has 0 saturated carbocycles. The Labute approximate surface area is 120 Å². The van der Waals surface area contributed by atoms with E-state index < -0.39 is 0 Å². The number of ether oxygens (including phenoxy) is 1. The highest BCUT2D eigenvalue weighted by atomic mass is 16.5. The van der Waals surface area contributed by atoms with Crippen molar-refractivity contribution in [2.45, 2.75) is 26.3 Å². The van der Waals surface area contributed by atoms with Gasteiger partial charge in [-0.15, -0.1) is 0 Å². The van der Waals surface area contributed by atoms with Crippen LogP contribution < -0.4 is 20.9 Å². The molecule has 7 nitrogen and oxygen atoms in total. The molecule has 1 saturated heterocycles. The van der Waals surface area contributed by atoms with Crippen molar-refractivity contribution in [3.8, 4) is 5.75 Å². The molecule has 0 amide bonds. The van der Waals surface area contributed by atoms with Crippen molar-refractivity contribution < 1.29 is 4.74 Å². The minimum Gasteiger partial charge on any atom is -0.490 e. The van der Waals surface area contributed by atoms with Crippen molar-refractivity contribution in [1.82, 2.24) is 14.9 Å². The Hall–Kier alpha value is -1.60. The molecule has 0 spiro atoms. The van der Waals surface area contributed by atoms with Crippen LogP contribution in [0.3, 0.4) is 0 Å². The zero-order valence-electron chi connectivity index (χ0n) is 12.7. The largest absolute Gasteiger partial charge is 0.490 e. The van der Waals surface area contributed by atoms with Crippen molar-refractivity contribution in [2.24, 2.45) is 5.84 Å². The fraction of sp³-hybridized carbons (Fsp3) is 0.692. The van der Waals surface area contributed by atoms with Crippen molar-refractivity contribution in [3.63, 3.8) is 0 Å². The fourth-order valence-electron chi connectivity index (χ4n) is 2.47. The van der Waals surface area contributed by atoms with Crippen LogP contribution >= 0.6 is 0 Å². The number of nitrogen functional groups attached to an aromatic ring is 1. The standard InChI is InChI=1S/C13H24N6O/c1-13(2,3)19-7-5-18(6-8-19)12-10(20-4)11(17-14)15-9-16-12/h9H,5-8,14H2,1-4H3,(H,15,16,17). The molecular formula is C13H24N6O. The van der Waals surface area contributed by atoms with Crippen LogP contribution in [0.15, 0.2) is 6.33 Å². The van der Waals surface area contributed by atoms with Crippen LogP contribution in [-0.4, -0.2) is 53.7 Å². The molecule has 3 N–H and O–H groups in total. The van der Waals surface area contributed by atoms with Crippen LogP contribution in [0.25, 0.3) is 0 Å². The third-order valence-corrected chi connectivity index (χ3v) is 3.65. The summed E-state index contributed by atoms with van der Waals surface area (Å²) in [6.07, 6.45) is 1.50. The third-order valence-electron chi connectivity index (χ3n) is 3.65. The Morgan fingerprint density at radius 3 is 2.35 bits per heavy atom. The van der Waals surface area contributed by atoms with E-state index in [0.29, 0.717) is 11.6 Å². The lowest BCUT2D eigenvalue weighted by Crippen LogP contribution is -2.53. The van der Waals surface area contributed by atoms with Gasteiger partial charge >= 0.3 is 0 Å². The molecule has 0 unspecified atom stereocenters. The molecule has 0 aromatic carbocycles. The first-order valence-corrected chi connectivity index (χ1v) is 6.83. The summed E-state index contributed by atoms with van der Waals surface area (Å²) in [5, 5.41) is 0. The van der Waals surface area contributed by atoms with Crippen LogP contribution in [-0.2, 0) is 0 Å². The average molecular weight is 280 g/mol. The van der Waals surface area contributed by atoms with Gasteiger partial charge in [0, 0.05) is 31.7 Å². The number of hydrogen-bond donors (Lipinski definition) is 2. The van der Waals surface area contributed by atoms with E-state index in [0.717, 1.165) is 32.0 Å². The first-order valence-electron chi connectivity index (χ1n) is 6.83. The van der Waals surface area contributed by atoms with Crippen LogP contribution in [0, 0.1) is 0 Å². The Morgan fingerprint density at radius 2 is 1.85 bits per heavy atom. The van der Waals surface area contributed by atoms with Gasteiger partial charge in [-0.05, 0) is 20.8 Å². The Kier molecular flexibility index (Phi) is 4.29. The van der Waals surface area contributed by atoms with Gasteiger partial charge < -0.3 is 15.1 Å². The minimum absolute atomic E-state index is 0.200. The van der Waals surface area contributed by atoms with E-state index in [4.69, 9.17) is 10.6 Å². The van der Waals surface area contributed by atoms with Gasteiger partial charge in [-0.2, -0.15) is 0 Å². The van der Waals surface area contributed by atoms with E-state index >= 15 is 0 Å². The first-order chi connectivity index (χ1) is 9.47. The lowest BCUT2D eigenvalue weighted by atomic mass is 10.1. The SMILES string of the molecule is COc1c(NN)ncnc1N1CCN(C(C)(C)C)CC1. The maximum atomic E-state index is 5.46. The summed E-state index contributed by atoms with van der Waals surface area (Å²) in [5.74, 6) is 7.36. The monoisotopic (exact) mass is 280 g/mol. The second kappa shape index (κ2) is 5.80. The molecular weight excluding hydrogens is 256 g/mol. The van der Waals surface area contributed by atoms with Gasteiger partial charge in [0.1, 0.15) is 6.33 Å². The number of nitrogens with zero attached hydrogens (tertiary/aromatic N) is 4. The number of methoxy groups -OCH3 is 1. The Bertz CT molecular complexity index is 451. The summed E-state index contributed by atoms with van der Waals surface area (Å²) >= 11 is 0. The molecule has 20 heavy (non-hydrogen) atoms. The summed E-state index contributed by atoms with van der Waals surface area (Å²) in [6.45, 7) is 10.5. The summed E-state index contributed by atoms with van der Waals surface area (Å²) in [5.41, 5.74) is 2.75. The van der Waals surface area contributed by atoms with Gasteiger partial charge in [0.05, 0.1) is 7.11 Å². The summed E-state index contributed by atoms with van der Waals surface area (Å²) < 4.78 is 5.39. The maximum Gasteiger partial charge on any atom is 0.205 e. The average Bonchev–Trinajstić information content (AvgIpc) is 2.45. The molecule has 1 aromatic heterocycles. The van der Waals surface area contributed by atoms with Crippen LogP contribution in [0.4, 0.5) is 11.6 Å². The van der Waals surface area contributed by atoms with E-state index in [2.05, 4.69) is 46.0 Å². The minimum atomic E-state index is 0.200. The molecule has 0 bridgehead atoms. The Morgan fingerprint density at radius 1 is 1.20 bits per heavy atom. The predicted octanol–water partition coefficient (Wildman–Crippen LogP) is 0.691. The van der Waals surface area contributed by atoms with Gasteiger partial charge in [0.15, 0.2) is 11.6 Å². The third kappa shape index (κ3) is 2.94. The zero-order valence-corrected chi connectivity index (χ0v) is 12.7. The number of hydrazine groups is 1. The van der Waals surface area contributed by atoms with Gasteiger partial charge in [-0.1, -0.05) is 0 Å². The molecule has 0 aliphatic carbocycles. The topological polar surface area (TPSA) is 79.5 Å². The van der Waals surface area contributed by atoms with E-state index in [9.17, 15) is 0 Å². The van der Waals surface area contributed by atoms with Gasteiger partial charge in [-0.3, -0.25) is 4.90 Å². The second-order valence-corrected chi connectivity index (χ2v) is 5.87. The highest BCUT2D eigenvalue weighted by Crippen LogP contribution is 2.32. The van der Waals surface area contributed by atoms with Crippen molar-refractivity contribution in [3.05, 3.63) is 6.33 Å². The summed E-state index contributed by atoms with van der Waals surface area (Å²) in [7, 11) is 1.61. The normalized spacial score (nSPS) is 17.1. The molecule has 112 valence electrons. The lowest BCUT2D eigenvalue weighted by Gasteiger charge is -2.42. The summed E-state index contributed by atoms with van der Waals surface area (Å²) in [4.78, 5) is 13.1. The molecule has 0 radical (unpaired) electrons. The van der Waals surface area contributed by atoms with Gasteiger partial charge in [0.25, 0.3) is 0 Å². The van der Waals surface area contributed by atoms with Gasteiger partial charge in [0.2, 0.25) is 5.75 Å². The highest BCUT2D eigenvalue weighted by molar-refractivity contribution is 5.64. The first kappa shape index (κ1) is 14.8. The molecule has 2 heterocycles. The van der Waals surface area contributed by atoms with Gasteiger partial charge in [-0.25, -0.2) is 15.8 Å². The second-order valence-electron chi connectivity index (χ2n) is 5.87.